The Balaban J connectivity index is 2.05. The Morgan fingerprint density at radius 3 is 2.17 bits per heavy atom. The molecule has 0 atom stereocenters. The third-order valence-corrected chi connectivity index (χ3v) is 5.29. The SMILES string of the molecule is O=S(=O)(/N=C(\c1ccc(F)cc1)N1CCCCC1)c1ccccc1. The van der Waals surface area contributed by atoms with Crippen LogP contribution < -0.4 is 0 Å². The van der Waals surface area contributed by atoms with Crippen molar-refractivity contribution in [2.24, 2.45) is 4.40 Å². The molecular formula is C18H19FN2O2S. The maximum atomic E-state index is 13.2. The molecule has 1 aliphatic heterocycles. The maximum absolute atomic E-state index is 13.2. The largest absolute Gasteiger partial charge is 0.355 e. The number of piperidine rings is 1. The molecule has 0 N–H and O–H groups in total. The number of rotatable bonds is 3. The van der Waals surface area contributed by atoms with E-state index in [4.69, 9.17) is 0 Å². The Morgan fingerprint density at radius 2 is 1.54 bits per heavy atom. The topological polar surface area (TPSA) is 49.7 Å². The molecule has 0 aliphatic carbocycles. The van der Waals surface area contributed by atoms with Gasteiger partial charge in [0.25, 0.3) is 10.0 Å². The normalized spacial score (nSPS) is 16.2. The van der Waals surface area contributed by atoms with Crippen LogP contribution in [-0.4, -0.2) is 32.2 Å². The highest BCUT2D eigenvalue weighted by Gasteiger charge is 2.21. The summed E-state index contributed by atoms with van der Waals surface area (Å²) in [6, 6.07) is 13.9. The summed E-state index contributed by atoms with van der Waals surface area (Å²) in [6.45, 7) is 1.50. The number of amidine groups is 1. The summed E-state index contributed by atoms with van der Waals surface area (Å²) in [5.74, 6) is 0.0289. The van der Waals surface area contributed by atoms with Crippen LogP contribution in [0.5, 0.6) is 0 Å². The van der Waals surface area contributed by atoms with Crippen molar-refractivity contribution in [3.63, 3.8) is 0 Å². The van der Waals surface area contributed by atoms with Gasteiger partial charge in [-0.1, -0.05) is 18.2 Å². The van der Waals surface area contributed by atoms with Gasteiger partial charge in [-0.2, -0.15) is 8.42 Å². The lowest BCUT2D eigenvalue weighted by molar-refractivity contribution is 0.343. The number of sulfonamides is 1. The van der Waals surface area contributed by atoms with Gasteiger partial charge in [0.2, 0.25) is 0 Å². The first kappa shape index (κ1) is 16.6. The zero-order chi connectivity index (χ0) is 17.0. The third-order valence-electron chi connectivity index (χ3n) is 4.01. The number of halogens is 1. The molecule has 126 valence electrons. The molecule has 1 heterocycles. The van der Waals surface area contributed by atoms with Gasteiger partial charge in [-0.3, -0.25) is 0 Å². The number of likely N-dealkylation sites (tertiary alicyclic amines) is 1. The van der Waals surface area contributed by atoms with Crippen LogP contribution in [0.4, 0.5) is 4.39 Å². The molecule has 0 radical (unpaired) electrons. The van der Waals surface area contributed by atoms with E-state index in [0.29, 0.717) is 11.4 Å². The molecule has 0 bridgehead atoms. The van der Waals surface area contributed by atoms with Crippen molar-refractivity contribution >= 4 is 15.9 Å². The monoisotopic (exact) mass is 346 g/mol. The highest BCUT2D eigenvalue weighted by molar-refractivity contribution is 7.90. The minimum absolute atomic E-state index is 0.154. The molecule has 0 saturated carbocycles. The first-order chi connectivity index (χ1) is 11.6. The van der Waals surface area contributed by atoms with Crippen molar-refractivity contribution in [2.45, 2.75) is 24.2 Å². The Kier molecular flexibility index (Phi) is 4.94. The van der Waals surface area contributed by atoms with Gasteiger partial charge in [0, 0.05) is 18.7 Å². The van der Waals surface area contributed by atoms with Crippen molar-refractivity contribution < 1.29 is 12.8 Å². The average molecular weight is 346 g/mol. The van der Waals surface area contributed by atoms with Crippen LogP contribution >= 0.6 is 0 Å². The molecule has 0 spiro atoms. The fraction of sp³-hybridized carbons (Fsp3) is 0.278. The van der Waals surface area contributed by atoms with Crippen molar-refractivity contribution in [1.29, 1.82) is 0 Å². The van der Waals surface area contributed by atoms with E-state index in [1.54, 1.807) is 30.3 Å². The lowest BCUT2D eigenvalue weighted by Gasteiger charge is -2.29. The minimum Gasteiger partial charge on any atom is -0.355 e. The van der Waals surface area contributed by atoms with Crippen LogP contribution in [0.25, 0.3) is 0 Å². The van der Waals surface area contributed by atoms with Gasteiger partial charge in [-0.25, -0.2) is 4.39 Å². The summed E-state index contributed by atoms with van der Waals surface area (Å²) in [4.78, 5) is 2.12. The summed E-state index contributed by atoms with van der Waals surface area (Å²) >= 11 is 0. The van der Waals surface area contributed by atoms with E-state index in [9.17, 15) is 12.8 Å². The molecule has 0 unspecified atom stereocenters. The van der Waals surface area contributed by atoms with E-state index in [1.807, 2.05) is 4.90 Å². The van der Waals surface area contributed by atoms with Crippen LogP contribution in [0.2, 0.25) is 0 Å². The molecule has 6 heteroatoms. The Bertz CT molecular complexity index is 812. The molecule has 2 aromatic carbocycles. The second-order valence-corrected chi connectivity index (χ2v) is 7.36. The molecule has 1 saturated heterocycles. The van der Waals surface area contributed by atoms with Crippen LogP contribution in [0, 0.1) is 5.82 Å². The second kappa shape index (κ2) is 7.13. The molecule has 2 aromatic rings. The summed E-state index contributed by atoms with van der Waals surface area (Å²) in [6.07, 6.45) is 3.11. The van der Waals surface area contributed by atoms with Gasteiger partial charge in [0.15, 0.2) is 0 Å². The van der Waals surface area contributed by atoms with Crippen LogP contribution in [-0.2, 0) is 10.0 Å². The molecule has 24 heavy (non-hydrogen) atoms. The van der Waals surface area contributed by atoms with E-state index in [-0.39, 0.29) is 10.7 Å². The summed E-state index contributed by atoms with van der Waals surface area (Å²) in [7, 11) is -3.81. The Labute approximate surface area is 141 Å². The van der Waals surface area contributed by atoms with Crippen molar-refractivity contribution in [1.82, 2.24) is 4.90 Å². The zero-order valence-electron chi connectivity index (χ0n) is 13.2. The lowest BCUT2D eigenvalue weighted by Crippen LogP contribution is -2.36. The molecule has 3 rings (SSSR count). The highest BCUT2D eigenvalue weighted by atomic mass is 32.2. The zero-order valence-corrected chi connectivity index (χ0v) is 14.0. The molecule has 0 amide bonds. The van der Waals surface area contributed by atoms with Crippen molar-refractivity contribution in [3.8, 4) is 0 Å². The van der Waals surface area contributed by atoms with Crippen LogP contribution in [0.1, 0.15) is 24.8 Å². The summed E-state index contributed by atoms with van der Waals surface area (Å²) < 4.78 is 42.6. The van der Waals surface area contributed by atoms with E-state index >= 15 is 0 Å². The lowest BCUT2D eigenvalue weighted by atomic mass is 10.1. The maximum Gasteiger partial charge on any atom is 0.284 e. The fourth-order valence-electron chi connectivity index (χ4n) is 2.76. The first-order valence-corrected chi connectivity index (χ1v) is 9.41. The van der Waals surface area contributed by atoms with Gasteiger partial charge in [-0.15, -0.1) is 4.40 Å². The van der Waals surface area contributed by atoms with Crippen molar-refractivity contribution in [3.05, 3.63) is 66.0 Å². The van der Waals surface area contributed by atoms with Crippen molar-refractivity contribution in [2.75, 3.05) is 13.1 Å². The van der Waals surface area contributed by atoms with E-state index < -0.39 is 10.0 Å². The quantitative estimate of drug-likeness (QED) is 0.632. The number of benzene rings is 2. The predicted octanol–water partition coefficient (Wildman–Crippen LogP) is 3.45. The van der Waals surface area contributed by atoms with Gasteiger partial charge in [-0.05, 0) is 55.7 Å². The fourth-order valence-corrected chi connectivity index (χ4v) is 3.81. The third kappa shape index (κ3) is 3.82. The van der Waals surface area contributed by atoms with Gasteiger partial charge in [0.05, 0.1) is 4.90 Å². The average Bonchev–Trinajstić information content (AvgIpc) is 2.62. The summed E-state index contributed by atoms with van der Waals surface area (Å²) in [5, 5.41) is 0. The van der Waals surface area contributed by atoms with E-state index in [0.717, 1.165) is 32.4 Å². The Morgan fingerprint density at radius 1 is 0.917 bits per heavy atom. The molecular weight excluding hydrogens is 327 g/mol. The number of hydrogen-bond acceptors (Lipinski definition) is 2. The molecule has 4 nitrogen and oxygen atoms in total. The first-order valence-electron chi connectivity index (χ1n) is 7.97. The van der Waals surface area contributed by atoms with Gasteiger partial charge >= 0.3 is 0 Å². The number of hydrogen-bond donors (Lipinski definition) is 0. The van der Waals surface area contributed by atoms with Gasteiger partial charge < -0.3 is 4.90 Å². The smallest absolute Gasteiger partial charge is 0.284 e. The minimum atomic E-state index is -3.81. The Hall–Kier alpha value is -2.21. The van der Waals surface area contributed by atoms with E-state index in [2.05, 4.69) is 4.40 Å². The summed E-state index contributed by atoms with van der Waals surface area (Å²) in [5.41, 5.74) is 0.609. The van der Waals surface area contributed by atoms with E-state index in [1.165, 1.54) is 24.3 Å². The van der Waals surface area contributed by atoms with Gasteiger partial charge in [0.1, 0.15) is 11.7 Å². The molecule has 1 fully saturated rings. The predicted molar refractivity (Wildman–Crippen MR) is 92.0 cm³/mol. The van der Waals surface area contributed by atoms with Crippen LogP contribution in [0.15, 0.2) is 63.9 Å². The second-order valence-electron chi connectivity index (χ2n) is 5.76. The molecule has 1 aliphatic rings. The number of nitrogens with zero attached hydrogens (tertiary/aromatic N) is 2. The molecule has 0 aromatic heterocycles. The highest BCUT2D eigenvalue weighted by Crippen LogP contribution is 2.19. The standard InChI is InChI=1S/C18H19FN2O2S/c19-16-11-9-15(10-12-16)18(21-13-5-2-6-14-21)20-24(22,23)17-7-3-1-4-8-17/h1,3-4,7-12H,2,5-6,13-14H2/b20-18+. The van der Waals surface area contributed by atoms with Crippen LogP contribution in [0.3, 0.4) is 0 Å².